The number of aryl methyl sites for hydroxylation is 1. The van der Waals surface area contributed by atoms with E-state index in [0.717, 1.165) is 35.6 Å². The number of fused-ring (bicyclic) bond motifs is 7. The van der Waals surface area contributed by atoms with Gasteiger partial charge in [-0.15, -0.1) is 11.3 Å². The number of para-hydroxylation sites is 3. The number of hydrogen-bond acceptors (Lipinski definition) is 4. The van der Waals surface area contributed by atoms with E-state index in [9.17, 15) is 0 Å². The maximum absolute atomic E-state index is 2.63. The van der Waals surface area contributed by atoms with E-state index < -0.39 is 0 Å². The van der Waals surface area contributed by atoms with E-state index in [-0.39, 0.29) is 12.6 Å². The lowest BCUT2D eigenvalue weighted by Crippen LogP contribution is -2.60. The van der Waals surface area contributed by atoms with Crippen molar-refractivity contribution < 1.29 is 0 Å². The zero-order chi connectivity index (χ0) is 42.8. The molecular weight excluding hydrogens is 806 g/mol. The zero-order valence-corrected chi connectivity index (χ0v) is 36.7. The molecule has 0 fully saturated rings. The van der Waals surface area contributed by atoms with Crippen molar-refractivity contribution in [2.75, 3.05) is 14.7 Å². The predicted octanol–water partition coefficient (Wildman–Crippen LogP) is 14.6. The van der Waals surface area contributed by atoms with Crippen molar-refractivity contribution in [1.29, 1.82) is 0 Å². The minimum absolute atomic E-state index is 0.0135. The molecule has 0 radical (unpaired) electrons. The fraction of sp³-hybridized carbons (Fsp3) is 0.0667. The standard InChI is InChI=1S/C60H44BN3S/c1-5-19-41(20-6-1)43-23-17-30-48(37-43)64-56-39-44(51-33-18-22-42-21-13-14-31-50(42)51)38-55-58(56)61(60-59(64)52-32-15-16-34-57(52)65-60)53-36-35-49(40-54(53)63(55)47-28-11-4-12-29-47)62(45-24-7-2-8-25-45)46-26-9-3-10-27-46/h1-17,19-21,23-32,34-40,51H,18,22,33H2. The molecule has 2 aliphatic heterocycles. The third kappa shape index (κ3) is 6.25. The van der Waals surface area contributed by atoms with E-state index in [1.807, 2.05) is 11.3 Å². The SMILES string of the molecule is c1ccc(-c2cccc(N3c4cc(C5CCCc6ccccc65)cc5c4B(c4ccc(N(c6ccccc6)c6ccccc6)cc4N5c4ccccc4)c4sc5ccccc5c43)c2)cc1. The first kappa shape index (κ1) is 37.9. The van der Waals surface area contributed by atoms with Gasteiger partial charge in [0.2, 0.25) is 0 Å². The van der Waals surface area contributed by atoms with Gasteiger partial charge in [-0.3, -0.25) is 0 Å². The van der Waals surface area contributed by atoms with Crippen LogP contribution in [-0.2, 0) is 6.42 Å². The van der Waals surface area contributed by atoms with Crippen molar-refractivity contribution in [2.24, 2.45) is 0 Å². The van der Waals surface area contributed by atoms with Crippen LogP contribution in [0.25, 0.3) is 21.2 Å². The first-order chi connectivity index (χ1) is 32.3. The molecule has 3 nitrogen and oxygen atoms in total. The number of rotatable bonds is 7. The largest absolute Gasteiger partial charge is 0.311 e. The predicted molar refractivity (Wildman–Crippen MR) is 277 cm³/mol. The molecule has 1 unspecified atom stereocenters. The number of hydrogen-bond donors (Lipinski definition) is 0. The third-order valence-corrected chi connectivity index (χ3v) is 15.1. The van der Waals surface area contributed by atoms with Gasteiger partial charge in [0.25, 0.3) is 6.71 Å². The van der Waals surface area contributed by atoms with E-state index in [1.54, 1.807) is 0 Å². The summed E-state index contributed by atoms with van der Waals surface area (Å²) in [6.45, 7) is 0.0135. The molecule has 1 aliphatic carbocycles. The Kier molecular flexibility index (Phi) is 9.09. The molecule has 3 heterocycles. The van der Waals surface area contributed by atoms with Gasteiger partial charge >= 0.3 is 0 Å². The molecule has 65 heavy (non-hydrogen) atoms. The molecule has 0 saturated carbocycles. The Bertz CT molecular complexity index is 3350. The summed E-state index contributed by atoms with van der Waals surface area (Å²) in [6.07, 6.45) is 3.41. The molecule has 0 bridgehead atoms. The Hall–Kier alpha value is -7.60. The maximum atomic E-state index is 2.63. The summed E-state index contributed by atoms with van der Waals surface area (Å²) in [5.74, 6) is 0.273. The van der Waals surface area contributed by atoms with Crippen LogP contribution >= 0.6 is 11.3 Å². The molecule has 5 heteroatoms. The molecule has 0 amide bonds. The summed E-state index contributed by atoms with van der Waals surface area (Å²) < 4.78 is 2.69. The summed E-state index contributed by atoms with van der Waals surface area (Å²) in [5.41, 5.74) is 20.1. The van der Waals surface area contributed by atoms with Gasteiger partial charge in [0.15, 0.2) is 0 Å². The lowest BCUT2D eigenvalue weighted by molar-refractivity contribution is 0.616. The molecule has 10 aromatic rings. The van der Waals surface area contributed by atoms with Gasteiger partial charge in [-0.25, -0.2) is 0 Å². The molecule has 9 aromatic carbocycles. The molecule has 1 atom stereocenters. The Morgan fingerprint density at radius 3 is 1.89 bits per heavy atom. The summed E-state index contributed by atoms with van der Waals surface area (Å²) in [7, 11) is 0. The first-order valence-corrected chi connectivity index (χ1v) is 23.7. The normalized spacial score (nSPS) is 14.6. The molecule has 1 aromatic heterocycles. The van der Waals surface area contributed by atoms with Crippen molar-refractivity contribution in [3.05, 3.63) is 241 Å². The van der Waals surface area contributed by atoms with Gasteiger partial charge < -0.3 is 14.7 Å². The highest BCUT2D eigenvalue weighted by molar-refractivity contribution is 7.33. The van der Waals surface area contributed by atoms with Crippen molar-refractivity contribution in [1.82, 2.24) is 0 Å². The second-order valence-corrected chi connectivity index (χ2v) is 18.6. The highest BCUT2D eigenvalue weighted by atomic mass is 32.1. The molecule has 0 spiro atoms. The topological polar surface area (TPSA) is 9.72 Å². The van der Waals surface area contributed by atoms with Crippen LogP contribution in [0.3, 0.4) is 0 Å². The molecule has 308 valence electrons. The lowest BCUT2D eigenvalue weighted by atomic mass is 9.36. The Labute approximate surface area is 385 Å². The minimum Gasteiger partial charge on any atom is -0.311 e. The Balaban J connectivity index is 1.12. The van der Waals surface area contributed by atoms with Crippen molar-refractivity contribution in [3.63, 3.8) is 0 Å². The van der Waals surface area contributed by atoms with Gasteiger partial charge in [-0.1, -0.05) is 146 Å². The summed E-state index contributed by atoms with van der Waals surface area (Å²) in [4.78, 5) is 7.60. The Morgan fingerprint density at radius 1 is 0.492 bits per heavy atom. The van der Waals surface area contributed by atoms with Gasteiger partial charge in [0, 0.05) is 66.3 Å². The minimum atomic E-state index is 0.0135. The number of thiophene rings is 1. The highest BCUT2D eigenvalue weighted by Crippen LogP contribution is 2.51. The fourth-order valence-electron chi connectivity index (χ4n) is 11.1. The van der Waals surface area contributed by atoms with Crippen LogP contribution in [0.5, 0.6) is 0 Å². The van der Waals surface area contributed by atoms with Gasteiger partial charge in [0.1, 0.15) is 0 Å². The Morgan fingerprint density at radius 2 is 1.12 bits per heavy atom. The number of anilines is 9. The van der Waals surface area contributed by atoms with Crippen LogP contribution in [-0.4, -0.2) is 6.71 Å². The van der Waals surface area contributed by atoms with E-state index in [0.29, 0.717) is 0 Å². The van der Waals surface area contributed by atoms with Crippen LogP contribution in [0.4, 0.5) is 51.2 Å². The zero-order valence-electron chi connectivity index (χ0n) is 35.9. The average molecular weight is 850 g/mol. The molecule has 3 aliphatic rings. The first-order valence-electron chi connectivity index (χ1n) is 22.9. The molecule has 0 saturated heterocycles. The van der Waals surface area contributed by atoms with Crippen molar-refractivity contribution in [2.45, 2.75) is 25.2 Å². The smallest absolute Gasteiger partial charge is 0.264 e. The second-order valence-electron chi connectivity index (χ2n) is 17.5. The van der Waals surface area contributed by atoms with Crippen molar-refractivity contribution in [3.8, 4) is 11.1 Å². The van der Waals surface area contributed by atoms with Crippen molar-refractivity contribution >= 4 is 95.0 Å². The lowest BCUT2D eigenvalue weighted by Gasteiger charge is -2.44. The third-order valence-electron chi connectivity index (χ3n) is 13.9. The van der Waals surface area contributed by atoms with E-state index in [2.05, 4.69) is 239 Å². The summed E-state index contributed by atoms with van der Waals surface area (Å²) in [5, 5.41) is 1.29. The van der Waals surface area contributed by atoms with Crippen LogP contribution < -0.4 is 30.4 Å². The monoisotopic (exact) mass is 849 g/mol. The summed E-state index contributed by atoms with van der Waals surface area (Å²) >= 11 is 1.95. The van der Waals surface area contributed by atoms with Crippen LogP contribution in [0, 0.1) is 0 Å². The summed E-state index contributed by atoms with van der Waals surface area (Å²) in [6, 6.07) is 83.3. The van der Waals surface area contributed by atoms with Gasteiger partial charge in [-0.2, -0.15) is 0 Å². The maximum Gasteiger partial charge on any atom is 0.264 e. The second kappa shape index (κ2) is 15.6. The van der Waals surface area contributed by atoms with Gasteiger partial charge in [-0.05, 0) is 137 Å². The van der Waals surface area contributed by atoms with Crippen LogP contribution in [0.15, 0.2) is 224 Å². The van der Waals surface area contributed by atoms with Crippen LogP contribution in [0.2, 0.25) is 0 Å². The highest BCUT2D eigenvalue weighted by Gasteiger charge is 2.46. The van der Waals surface area contributed by atoms with Crippen LogP contribution in [0.1, 0.15) is 35.4 Å². The fourth-order valence-corrected chi connectivity index (χ4v) is 12.4. The van der Waals surface area contributed by atoms with E-state index in [1.165, 1.54) is 88.5 Å². The quantitative estimate of drug-likeness (QED) is 0.148. The molecular formula is C60H44BN3S. The van der Waals surface area contributed by atoms with E-state index >= 15 is 0 Å². The van der Waals surface area contributed by atoms with E-state index in [4.69, 9.17) is 0 Å². The molecule has 13 rings (SSSR count). The molecule has 0 N–H and O–H groups in total. The van der Waals surface area contributed by atoms with Gasteiger partial charge in [0.05, 0.1) is 5.69 Å². The number of benzene rings is 9. The average Bonchev–Trinajstić information content (AvgIpc) is 3.76. The number of nitrogens with zero attached hydrogens (tertiary/aromatic N) is 3.